The van der Waals surface area contributed by atoms with Crippen LogP contribution in [0.25, 0.3) is 0 Å². The molecule has 1 rings (SSSR count). The lowest BCUT2D eigenvalue weighted by atomic mass is 9.92. The molecular formula is C16H30N2OS. The van der Waals surface area contributed by atoms with Gasteiger partial charge in [0.25, 0.3) is 0 Å². The largest absolute Gasteiger partial charge is 0.383 e. The minimum atomic E-state index is 0.125. The summed E-state index contributed by atoms with van der Waals surface area (Å²) in [7, 11) is 1.74. The van der Waals surface area contributed by atoms with Crippen molar-refractivity contribution in [1.29, 1.82) is 0 Å². The molecular weight excluding hydrogens is 268 g/mol. The first-order valence-corrected chi connectivity index (χ1v) is 8.50. The van der Waals surface area contributed by atoms with Crippen molar-refractivity contribution < 1.29 is 4.74 Å². The van der Waals surface area contributed by atoms with Gasteiger partial charge in [-0.2, -0.15) is 0 Å². The van der Waals surface area contributed by atoms with E-state index in [0.717, 1.165) is 13.2 Å². The van der Waals surface area contributed by atoms with Crippen molar-refractivity contribution in [2.45, 2.75) is 58.9 Å². The Kier molecular flexibility index (Phi) is 7.13. The number of aromatic nitrogens is 1. The number of thiazole rings is 1. The van der Waals surface area contributed by atoms with Crippen molar-refractivity contribution in [2.75, 3.05) is 20.3 Å². The predicted molar refractivity (Wildman–Crippen MR) is 87.5 cm³/mol. The monoisotopic (exact) mass is 298 g/mol. The number of nitrogens with zero attached hydrogens (tertiary/aromatic N) is 1. The summed E-state index contributed by atoms with van der Waals surface area (Å²) in [5, 5.41) is 7.06. The van der Waals surface area contributed by atoms with Crippen LogP contribution in [0.3, 0.4) is 0 Å². The zero-order valence-corrected chi connectivity index (χ0v) is 14.6. The Morgan fingerprint density at radius 1 is 1.30 bits per heavy atom. The smallest absolute Gasteiger partial charge is 0.110 e. The Bertz CT molecular complexity index is 380. The molecule has 0 aliphatic heterocycles. The summed E-state index contributed by atoms with van der Waals surface area (Å²) >= 11 is 1.79. The zero-order chi connectivity index (χ0) is 15.2. The van der Waals surface area contributed by atoms with Gasteiger partial charge in [-0.1, -0.05) is 47.5 Å². The first-order chi connectivity index (χ1) is 9.43. The summed E-state index contributed by atoms with van der Waals surface area (Å²) in [5.74, 6) is 0.630. The Morgan fingerprint density at radius 3 is 2.40 bits per heavy atom. The molecule has 0 amide bonds. The van der Waals surface area contributed by atoms with Gasteiger partial charge >= 0.3 is 0 Å². The van der Waals surface area contributed by atoms with Gasteiger partial charge in [-0.3, -0.25) is 0 Å². The highest BCUT2D eigenvalue weighted by molar-refractivity contribution is 7.09. The minimum Gasteiger partial charge on any atom is -0.383 e. The molecule has 4 heteroatoms. The van der Waals surface area contributed by atoms with E-state index in [1.165, 1.54) is 23.5 Å². The maximum atomic E-state index is 5.16. The summed E-state index contributed by atoms with van der Waals surface area (Å²) in [6, 6.07) is 0.348. The molecule has 0 saturated heterocycles. The summed E-state index contributed by atoms with van der Waals surface area (Å²) < 4.78 is 5.16. The van der Waals surface area contributed by atoms with E-state index in [1.54, 1.807) is 18.4 Å². The minimum absolute atomic E-state index is 0.125. The second kappa shape index (κ2) is 8.11. The van der Waals surface area contributed by atoms with Crippen molar-refractivity contribution in [3.8, 4) is 0 Å². The molecule has 1 N–H and O–H groups in total. The molecule has 0 spiro atoms. The van der Waals surface area contributed by atoms with Gasteiger partial charge in [-0.15, -0.1) is 11.3 Å². The lowest BCUT2D eigenvalue weighted by Gasteiger charge is -2.25. The number of rotatable bonds is 8. The van der Waals surface area contributed by atoms with Crippen molar-refractivity contribution >= 4 is 11.3 Å². The molecule has 0 aliphatic rings. The predicted octanol–water partition coefficient (Wildman–Crippen LogP) is 4.15. The molecule has 116 valence electrons. The number of hydrogen-bond acceptors (Lipinski definition) is 4. The van der Waals surface area contributed by atoms with Crippen LogP contribution in [0.5, 0.6) is 0 Å². The maximum absolute atomic E-state index is 5.16. The van der Waals surface area contributed by atoms with Crippen molar-refractivity contribution in [3.63, 3.8) is 0 Å². The highest BCUT2D eigenvalue weighted by Crippen LogP contribution is 2.32. The fourth-order valence-corrected chi connectivity index (χ4v) is 3.52. The number of nitrogens with one attached hydrogen (secondary N) is 1. The average Bonchev–Trinajstić information content (AvgIpc) is 2.87. The Morgan fingerprint density at radius 2 is 1.95 bits per heavy atom. The van der Waals surface area contributed by atoms with E-state index in [2.05, 4.69) is 45.3 Å². The van der Waals surface area contributed by atoms with Crippen molar-refractivity contribution in [3.05, 3.63) is 16.1 Å². The molecule has 0 aliphatic carbocycles. The molecule has 1 heterocycles. The molecule has 3 nitrogen and oxygen atoms in total. The van der Waals surface area contributed by atoms with Gasteiger partial charge in [-0.05, 0) is 5.92 Å². The van der Waals surface area contributed by atoms with Gasteiger partial charge in [0, 0.05) is 24.4 Å². The summed E-state index contributed by atoms with van der Waals surface area (Å²) in [5.41, 5.74) is 1.32. The first-order valence-electron chi connectivity index (χ1n) is 7.62. The average molecular weight is 298 g/mol. The highest BCUT2D eigenvalue weighted by Gasteiger charge is 2.25. The second-order valence-electron chi connectivity index (χ2n) is 6.32. The molecule has 1 aromatic rings. The van der Waals surface area contributed by atoms with Crippen LogP contribution in [0.2, 0.25) is 0 Å². The van der Waals surface area contributed by atoms with Crippen LogP contribution >= 0.6 is 11.3 Å². The summed E-state index contributed by atoms with van der Waals surface area (Å²) in [6.45, 7) is 12.8. The van der Waals surface area contributed by atoms with Crippen molar-refractivity contribution in [2.24, 2.45) is 5.92 Å². The van der Waals surface area contributed by atoms with Crippen LogP contribution in [0.4, 0.5) is 0 Å². The quantitative estimate of drug-likeness (QED) is 0.732. The second-order valence-corrected chi connectivity index (χ2v) is 7.21. The lowest BCUT2D eigenvalue weighted by molar-refractivity contribution is 0.189. The fourth-order valence-electron chi connectivity index (χ4n) is 2.31. The topological polar surface area (TPSA) is 34.1 Å². The maximum Gasteiger partial charge on any atom is 0.110 e. The number of hydrogen-bond donors (Lipinski definition) is 1. The molecule has 1 aromatic heterocycles. The fraction of sp³-hybridized carbons (Fsp3) is 0.812. The van der Waals surface area contributed by atoms with Gasteiger partial charge in [0.15, 0.2) is 0 Å². The van der Waals surface area contributed by atoms with Gasteiger partial charge < -0.3 is 10.1 Å². The molecule has 0 fully saturated rings. The van der Waals surface area contributed by atoms with Crippen molar-refractivity contribution in [1.82, 2.24) is 10.3 Å². The molecule has 1 unspecified atom stereocenters. The SMILES string of the molecule is CCC(CC)C(NCCOC)c1nc(C(C)(C)C)cs1. The zero-order valence-electron chi connectivity index (χ0n) is 13.8. The van der Waals surface area contributed by atoms with E-state index < -0.39 is 0 Å². The van der Waals surface area contributed by atoms with Gasteiger partial charge in [-0.25, -0.2) is 4.98 Å². The Balaban J connectivity index is 2.88. The summed E-state index contributed by atoms with van der Waals surface area (Å²) in [6.07, 6.45) is 2.34. The van der Waals surface area contributed by atoms with Crippen LogP contribution in [-0.2, 0) is 10.2 Å². The van der Waals surface area contributed by atoms with E-state index in [-0.39, 0.29) is 5.41 Å². The third-order valence-electron chi connectivity index (χ3n) is 3.75. The molecule has 0 aromatic carbocycles. The molecule has 0 saturated carbocycles. The van der Waals surface area contributed by atoms with E-state index in [9.17, 15) is 0 Å². The molecule has 0 radical (unpaired) electrons. The van der Waals surface area contributed by atoms with Crippen LogP contribution in [0.1, 0.15) is 64.2 Å². The highest BCUT2D eigenvalue weighted by atomic mass is 32.1. The number of ether oxygens (including phenoxy) is 1. The molecule has 0 bridgehead atoms. The van der Waals surface area contributed by atoms with E-state index >= 15 is 0 Å². The van der Waals surface area contributed by atoms with E-state index in [0.29, 0.717) is 12.0 Å². The number of methoxy groups -OCH3 is 1. The Labute approximate surface area is 128 Å². The van der Waals surface area contributed by atoms with Crippen LogP contribution in [0, 0.1) is 5.92 Å². The van der Waals surface area contributed by atoms with Gasteiger partial charge in [0.05, 0.1) is 18.3 Å². The third kappa shape index (κ3) is 4.83. The van der Waals surface area contributed by atoms with Crippen LogP contribution < -0.4 is 5.32 Å². The normalized spacial score (nSPS) is 13.9. The molecule has 20 heavy (non-hydrogen) atoms. The first kappa shape index (κ1) is 17.6. The van der Waals surface area contributed by atoms with Crippen LogP contribution in [-0.4, -0.2) is 25.2 Å². The Hall–Kier alpha value is -0.450. The standard InChI is InChI=1S/C16H30N2OS/c1-7-12(8-2)14(17-9-10-19-6)15-18-13(11-20-15)16(3,4)5/h11-12,14,17H,7-10H2,1-6H3. The van der Waals surface area contributed by atoms with E-state index in [4.69, 9.17) is 9.72 Å². The lowest BCUT2D eigenvalue weighted by Crippen LogP contribution is -2.30. The third-order valence-corrected chi connectivity index (χ3v) is 4.67. The van der Waals surface area contributed by atoms with E-state index in [1.807, 2.05) is 0 Å². The molecule has 1 atom stereocenters. The van der Waals surface area contributed by atoms with Crippen LogP contribution in [0.15, 0.2) is 5.38 Å². The van der Waals surface area contributed by atoms with Gasteiger partial charge in [0.2, 0.25) is 0 Å². The van der Waals surface area contributed by atoms with Gasteiger partial charge in [0.1, 0.15) is 5.01 Å². The summed E-state index contributed by atoms with van der Waals surface area (Å²) in [4.78, 5) is 4.89.